The van der Waals surface area contributed by atoms with Crippen LogP contribution in [0.2, 0.25) is 0 Å². The molecule has 3 nitrogen and oxygen atoms in total. The first-order valence-corrected chi connectivity index (χ1v) is 6.85. The lowest BCUT2D eigenvalue weighted by Gasteiger charge is -2.36. The lowest BCUT2D eigenvalue weighted by atomic mass is 9.95. The first kappa shape index (κ1) is 12.0. The van der Waals surface area contributed by atoms with Gasteiger partial charge in [0.25, 0.3) is 0 Å². The molecule has 1 aliphatic heterocycles. The minimum Gasteiger partial charge on any atom is -0.389 e. The molecular weight excluding hydrogens is 220 g/mol. The Morgan fingerprint density at radius 1 is 1.62 bits per heavy atom. The molecule has 1 unspecified atom stereocenters. The van der Waals surface area contributed by atoms with Gasteiger partial charge in [0, 0.05) is 18.5 Å². The third-order valence-corrected chi connectivity index (χ3v) is 4.08. The average molecular weight is 240 g/mol. The molecule has 0 spiro atoms. The van der Waals surface area contributed by atoms with Gasteiger partial charge < -0.3 is 5.11 Å². The smallest absolute Gasteiger partial charge is 0.0926 e. The fraction of sp³-hybridized carbons (Fsp3) is 0.750. The number of aromatic nitrogens is 1. The van der Waals surface area contributed by atoms with E-state index in [4.69, 9.17) is 0 Å². The van der Waals surface area contributed by atoms with E-state index >= 15 is 0 Å². The number of hydrogen-bond donors (Lipinski definition) is 1. The van der Waals surface area contributed by atoms with Gasteiger partial charge >= 0.3 is 0 Å². The second-order valence-electron chi connectivity index (χ2n) is 4.90. The topological polar surface area (TPSA) is 36.4 Å². The number of β-amino-alcohol motifs (C(OH)–C–C–N with tert-alkyl or cyclic N) is 1. The highest BCUT2D eigenvalue weighted by atomic mass is 32.1. The third kappa shape index (κ3) is 3.03. The Bertz CT molecular complexity index is 349. The van der Waals surface area contributed by atoms with Gasteiger partial charge in [-0.1, -0.05) is 6.92 Å². The number of nitrogens with zero attached hydrogens (tertiary/aromatic N) is 2. The third-order valence-electron chi connectivity index (χ3n) is 3.04. The normalized spacial score (nSPS) is 27.2. The standard InChI is InChI=1S/C12H20N2OS/c1-3-11-13-10(8-16-11)7-14-6-4-5-12(2,15)9-14/h8,15H,3-7,9H2,1-2H3. The van der Waals surface area contributed by atoms with E-state index in [1.807, 2.05) is 6.92 Å². The summed E-state index contributed by atoms with van der Waals surface area (Å²) in [4.78, 5) is 6.87. The quantitative estimate of drug-likeness (QED) is 0.878. The summed E-state index contributed by atoms with van der Waals surface area (Å²) in [7, 11) is 0. The zero-order valence-electron chi connectivity index (χ0n) is 10.1. The second kappa shape index (κ2) is 4.82. The fourth-order valence-corrected chi connectivity index (χ4v) is 3.01. The van der Waals surface area contributed by atoms with Gasteiger partial charge in [-0.05, 0) is 32.7 Å². The average Bonchev–Trinajstić information content (AvgIpc) is 2.64. The van der Waals surface area contributed by atoms with E-state index in [-0.39, 0.29) is 0 Å². The summed E-state index contributed by atoms with van der Waals surface area (Å²) in [5, 5.41) is 13.4. The van der Waals surface area contributed by atoms with E-state index in [2.05, 4.69) is 22.2 Å². The Balaban J connectivity index is 1.94. The molecule has 0 amide bonds. The molecule has 1 saturated heterocycles. The van der Waals surface area contributed by atoms with Gasteiger partial charge in [0.2, 0.25) is 0 Å². The number of hydrogen-bond acceptors (Lipinski definition) is 4. The molecule has 16 heavy (non-hydrogen) atoms. The highest BCUT2D eigenvalue weighted by molar-refractivity contribution is 7.09. The first-order chi connectivity index (χ1) is 7.59. The Hall–Kier alpha value is -0.450. The molecule has 2 heterocycles. The molecule has 4 heteroatoms. The summed E-state index contributed by atoms with van der Waals surface area (Å²) >= 11 is 1.74. The molecule has 1 aromatic rings. The van der Waals surface area contributed by atoms with Crippen LogP contribution in [0.25, 0.3) is 0 Å². The Labute approximate surface area is 101 Å². The van der Waals surface area contributed by atoms with Gasteiger partial charge in [-0.15, -0.1) is 11.3 Å². The van der Waals surface area contributed by atoms with Crippen LogP contribution in [-0.2, 0) is 13.0 Å². The number of aryl methyl sites for hydroxylation is 1. The van der Waals surface area contributed by atoms with E-state index in [1.54, 1.807) is 11.3 Å². The van der Waals surface area contributed by atoms with Gasteiger partial charge in [-0.25, -0.2) is 4.98 Å². The maximum Gasteiger partial charge on any atom is 0.0926 e. The highest BCUT2D eigenvalue weighted by Crippen LogP contribution is 2.22. The lowest BCUT2D eigenvalue weighted by Crippen LogP contribution is -2.45. The zero-order chi connectivity index (χ0) is 11.6. The molecule has 1 aliphatic rings. The molecule has 1 N–H and O–H groups in total. The van der Waals surface area contributed by atoms with E-state index in [0.29, 0.717) is 0 Å². The Kier molecular flexibility index (Phi) is 3.62. The van der Waals surface area contributed by atoms with Gasteiger partial charge in [0.15, 0.2) is 0 Å². The Morgan fingerprint density at radius 2 is 2.44 bits per heavy atom. The van der Waals surface area contributed by atoms with E-state index in [0.717, 1.165) is 44.6 Å². The lowest BCUT2D eigenvalue weighted by molar-refractivity contribution is -0.0184. The van der Waals surface area contributed by atoms with E-state index < -0.39 is 5.60 Å². The summed E-state index contributed by atoms with van der Waals surface area (Å²) < 4.78 is 0. The van der Waals surface area contributed by atoms with Crippen molar-refractivity contribution in [3.63, 3.8) is 0 Å². The fourth-order valence-electron chi connectivity index (χ4n) is 2.27. The maximum atomic E-state index is 10.0. The maximum absolute atomic E-state index is 10.0. The van der Waals surface area contributed by atoms with Crippen LogP contribution in [0.5, 0.6) is 0 Å². The summed E-state index contributed by atoms with van der Waals surface area (Å²) in [6, 6.07) is 0. The number of aliphatic hydroxyl groups is 1. The van der Waals surface area contributed by atoms with Crippen molar-refractivity contribution in [2.75, 3.05) is 13.1 Å². The van der Waals surface area contributed by atoms with Crippen molar-refractivity contribution in [2.45, 2.75) is 45.3 Å². The summed E-state index contributed by atoms with van der Waals surface area (Å²) in [6.07, 6.45) is 3.01. The SMILES string of the molecule is CCc1nc(CN2CCCC(C)(O)C2)cs1. The van der Waals surface area contributed by atoms with Crippen LogP contribution < -0.4 is 0 Å². The van der Waals surface area contributed by atoms with Crippen molar-refractivity contribution in [1.82, 2.24) is 9.88 Å². The van der Waals surface area contributed by atoms with Crippen LogP contribution in [0.3, 0.4) is 0 Å². The molecule has 1 fully saturated rings. The molecule has 90 valence electrons. The molecule has 0 bridgehead atoms. The van der Waals surface area contributed by atoms with Crippen molar-refractivity contribution in [3.05, 3.63) is 16.1 Å². The van der Waals surface area contributed by atoms with E-state index in [1.165, 1.54) is 5.01 Å². The van der Waals surface area contributed by atoms with Crippen molar-refractivity contribution in [1.29, 1.82) is 0 Å². The number of rotatable bonds is 3. The minimum atomic E-state index is -0.512. The van der Waals surface area contributed by atoms with Crippen molar-refractivity contribution in [2.24, 2.45) is 0 Å². The summed E-state index contributed by atoms with van der Waals surface area (Å²) in [5.74, 6) is 0. The number of likely N-dealkylation sites (tertiary alicyclic amines) is 1. The molecule has 0 aromatic carbocycles. The van der Waals surface area contributed by atoms with Crippen molar-refractivity contribution in [3.8, 4) is 0 Å². The summed E-state index contributed by atoms with van der Waals surface area (Å²) in [5.41, 5.74) is 0.640. The second-order valence-corrected chi connectivity index (χ2v) is 5.84. The molecule has 0 radical (unpaired) electrons. The van der Waals surface area contributed by atoms with E-state index in [9.17, 15) is 5.11 Å². The molecule has 1 atom stereocenters. The first-order valence-electron chi connectivity index (χ1n) is 5.97. The summed E-state index contributed by atoms with van der Waals surface area (Å²) in [6.45, 7) is 6.79. The monoisotopic (exact) mass is 240 g/mol. The van der Waals surface area contributed by atoms with Gasteiger partial charge in [-0.2, -0.15) is 0 Å². The van der Waals surface area contributed by atoms with Crippen LogP contribution in [0.15, 0.2) is 5.38 Å². The molecule has 1 aromatic heterocycles. The Morgan fingerprint density at radius 3 is 3.06 bits per heavy atom. The number of piperidine rings is 1. The van der Waals surface area contributed by atoms with Crippen LogP contribution in [0.4, 0.5) is 0 Å². The predicted octanol–water partition coefficient (Wildman–Crippen LogP) is 2.05. The van der Waals surface area contributed by atoms with Gasteiger partial charge in [0.1, 0.15) is 0 Å². The molecule has 0 aliphatic carbocycles. The molecule has 2 rings (SSSR count). The van der Waals surface area contributed by atoms with Gasteiger partial charge in [-0.3, -0.25) is 4.90 Å². The van der Waals surface area contributed by atoms with Crippen molar-refractivity contribution >= 4 is 11.3 Å². The highest BCUT2D eigenvalue weighted by Gasteiger charge is 2.28. The van der Waals surface area contributed by atoms with Crippen LogP contribution in [0.1, 0.15) is 37.4 Å². The molecular formula is C12H20N2OS. The predicted molar refractivity (Wildman–Crippen MR) is 66.6 cm³/mol. The number of thiazole rings is 1. The zero-order valence-corrected chi connectivity index (χ0v) is 10.9. The van der Waals surface area contributed by atoms with Gasteiger partial charge in [0.05, 0.1) is 16.3 Å². The minimum absolute atomic E-state index is 0.512. The van der Waals surface area contributed by atoms with Crippen molar-refractivity contribution < 1.29 is 5.11 Å². The largest absolute Gasteiger partial charge is 0.389 e. The van der Waals surface area contributed by atoms with Crippen LogP contribution in [0, 0.1) is 0 Å². The molecule has 0 saturated carbocycles. The van der Waals surface area contributed by atoms with Crippen LogP contribution >= 0.6 is 11.3 Å². The van der Waals surface area contributed by atoms with Crippen LogP contribution in [-0.4, -0.2) is 33.7 Å².